The zero-order valence-corrected chi connectivity index (χ0v) is 8.85. The van der Waals surface area contributed by atoms with E-state index in [1.165, 1.54) is 32.1 Å². The average Bonchev–Trinajstić information content (AvgIpc) is 2.15. The van der Waals surface area contributed by atoms with Crippen LogP contribution in [-0.4, -0.2) is 22.6 Å². The number of hydrogen-bond acceptors (Lipinski definition) is 1. The molecule has 2 N–H and O–H groups in total. The van der Waals surface area contributed by atoms with Crippen LogP contribution in [0.25, 0.3) is 0 Å². The summed E-state index contributed by atoms with van der Waals surface area (Å²) in [6.07, 6.45) is 8.29. The molecule has 0 aromatic carbocycles. The molecule has 0 bridgehead atoms. The zero-order valence-electron chi connectivity index (χ0n) is 8.04. The van der Waals surface area contributed by atoms with E-state index in [2.05, 4.69) is 11.5 Å². The molecule has 0 spiro atoms. The lowest BCUT2D eigenvalue weighted by atomic mass is 9.94. The van der Waals surface area contributed by atoms with E-state index in [1.807, 2.05) is 6.08 Å². The highest BCUT2D eigenvalue weighted by atomic mass is 32.1. The SMILES string of the molecule is C=CCN(C(N)=S)C1CCCCC1. The van der Waals surface area contributed by atoms with Crippen LogP contribution in [0.4, 0.5) is 0 Å². The Kier molecular flexibility index (Phi) is 4.22. The first-order chi connectivity index (χ1) is 6.25. The standard InChI is InChI=1S/C10H18N2S/c1-2-8-12(10(11)13)9-6-4-3-5-7-9/h2,9H,1,3-8H2,(H2,11,13). The molecule has 1 aliphatic rings. The maximum absolute atomic E-state index is 5.66. The van der Waals surface area contributed by atoms with Crippen LogP contribution in [0.15, 0.2) is 12.7 Å². The maximum atomic E-state index is 5.66. The lowest BCUT2D eigenvalue weighted by molar-refractivity contribution is 0.262. The Bertz CT molecular complexity index is 185. The minimum absolute atomic E-state index is 0.520. The smallest absolute Gasteiger partial charge is 0.166 e. The number of nitrogens with two attached hydrogens (primary N) is 1. The molecule has 0 radical (unpaired) electrons. The number of rotatable bonds is 3. The molecule has 13 heavy (non-hydrogen) atoms. The first-order valence-corrected chi connectivity index (χ1v) is 5.33. The molecule has 0 heterocycles. The van der Waals surface area contributed by atoms with Crippen LogP contribution in [0, 0.1) is 0 Å². The van der Waals surface area contributed by atoms with Gasteiger partial charge in [0, 0.05) is 12.6 Å². The van der Waals surface area contributed by atoms with E-state index >= 15 is 0 Å². The van der Waals surface area contributed by atoms with Crippen molar-refractivity contribution in [2.45, 2.75) is 38.1 Å². The van der Waals surface area contributed by atoms with Gasteiger partial charge in [0.1, 0.15) is 0 Å². The topological polar surface area (TPSA) is 29.3 Å². The number of hydrogen-bond donors (Lipinski definition) is 1. The summed E-state index contributed by atoms with van der Waals surface area (Å²) in [5, 5.41) is 0.520. The van der Waals surface area contributed by atoms with Crippen molar-refractivity contribution in [1.29, 1.82) is 0 Å². The van der Waals surface area contributed by atoms with Crippen LogP contribution in [0.3, 0.4) is 0 Å². The van der Waals surface area contributed by atoms with Gasteiger partial charge in [0.25, 0.3) is 0 Å². The monoisotopic (exact) mass is 198 g/mol. The summed E-state index contributed by atoms with van der Waals surface area (Å²) < 4.78 is 0. The Labute approximate surface area is 85.8 Å². The third-order valence-electron chi connectivity index (χ3n) is 2.62. The van der Waals surface area contributed by atoms with Crippen LogP contribution >= 0.6 is 12.2 Å². The van der Waals surface area contributed by atoms with E-state index in [4.69, 9.17) is 18.0 Å². The summed E-state index contributed by atoms with van der Waals surface area (Å²) in [5.41, 5.74) is 5.66. The minimum atomic E-state index is 0.520. The van der Waals surface area contributed by atoms with Crippen molar-refractivity contribution < 1.29 is 0 Å². The van der Waals surface area contributed by atoms with Crippen LogP contribution in [0.1, 0.15) is 32.1 Å². The lowest BCUT2D eigenvalue weighted by Gasteiger charge is -2.33. The molecular weight excluding hydrogens is 180 g/mol. The molecule has 2 nitrogen and oxygen atoms in total. The minimum Gasteiger partial charge on any atom is -0.376 e. The van der Waals surface area contributed by atoms with Crippen molar-refractivity contribution >= 4 is 17.3 Å². The van der Waals surface area contributed by atoms with Gasteiger partial charge in [-0.05, 0) is 25.1 Å². The van der Waals surface area contributed by atoms with Crippen LogP contribution in [0.2, 0.25) is 0 Å². The van der Waals surface area contributed by atoms with Crippen molar-refractivity contribution in [3.8, 4) is 0 Å². The molecule has 1 rings (SSSR count). The van der Waals surface area contributed by atoms with Gasteiger partial charge in [-0.15, -0.1) is 6.58 Å². The van der Waals surface area contributed by atoms with Crippen LogP contribution < -0.4 is 5.73 Å². The predicted octanol–water partition coefficient (Wildman–Crippen LogP) is 2.05. The van der Waals surface area contributed by atoms with Crippen LogP contribution in [0.5, 0.6) is 0 Å². The highest BCUT2D eigenvalue weighted by Crippen LogP contribution is 2.22. The van der Waals surface area contributed by atoms with Gasteiger partial charge in [0.2, 0.25) is 0 Å². The predicted molar refractivity (Wildman–Crippen MR) is 60.6 cm³/mol. The fourth-order valence-corrected chi connectivity index (χ4v) is 2.17. The molecule has 1 saturated carbocycles. The molecule has 1 aliphatic carbocycles. The number of nitrogens with zero attached hydrogens (tertiary/aromatic N) is 1. The molecule has 0 amide bonds. The Morgan fingerprint density at radius 3 is 2.54 bits per heavy atom. The Balaban J connectivity index is 2.51. The largest absolute Gasteiger partial charge is 0.376 e. The molecule has 0 unspecified atom stereocenters. The van der Waals surface area contributed by atoms with Gasteiger partial charge < -0.3 is 10.6 Å². The van der Waals surface area contributed by atoms with Crippen molar-refractivity contribution in [1.82, 2.24) is 4.90 Å². The molecule has 0 aromatic rings. The third-order valence-corrected chi connectivity index (χ3v) is 2.86. The van der Waals surface area contributed by atoms with E-state index in [0.717, 1.165) is 6.54 Å². The van der Waals surface area contributed by atoms with Crippen molar-refractivity contribution in [3.05, 3.63) is 12.7 Å². The van der Waals surface area contributed by atoms with Crippen molar-refractivity contribution in [3.63, 3.8) is 0 Å². The second-order valence-corrected chi connectivity index (χ2v) is 3.99. The summed E-state index contributed by atoms with van der Waals surface area (Å²) in [4.78, 5) is 2.10. The van der Waals surface area contributed by atoms with E-state index in [-0.39, 0.29) is 0 Å². The van der Waals surface area contributed by atoms with Crippen molar-refractivity contribution in [2.24, 2.45) is 5.73 Å². The highest BCUT2D eigenvalue weighted by Gasteiger charge is 2.20. The summed E-state index contributed by atoms with van der Waals surface area (Å²) in [7, 11) is 0. The van der Waals surface area contributed by atoms with Crippen LogP contribution in [-0.2, 0) is 0 Å². The molecule has 0 aliphatic heterocycles. The van der Waals surface area contributed by atoms with Gasteiger partial charge in [-0.25, -0.2) is 0 Å². The molecule has 74 valence electrons. The van der Waals surface area contributed by atoms with Gasteiger partial charge in [0.05, 0.1) is 0 Å². The third kappa shape index (κ3) is 2.99. The van der Waals surface area contributed by atoms with Gasteiger partial charge in [-0.1, -0.05) is 25.3 Å². The van der Waals surface area contributed by atoms with Crippen molar-refractivity contribution in [2.75, 3.05) is 6.54 Å². The van der Waals surface area contributed by atoms with Gasteiger partial charge >= 0.3 is 0 Å². The second kappa shape index (κ2) is 5.22. The van der Waals surface area contributed by atoms with E-state index in [0.29, 0.717) is 11.2 Å². The molecule has 1 fully saturated rings. The highest BCUT2D eigenvalue weighted by molar-refractivity contribution is 7.80. The molecular formula is C10H18N2S. The van der Waals surface area contributed by atoms with Gasteiger partial charge in [0.15, 0.2) is 5.11 Å². The summed E-state index contributed by atoms with van der Waals surface area (Å²) in [6, 6.07) is 0.559. The quantitative estimate of drug-likeness (QED) is 0.556. The first-order valence-electron chi connectivity index (χ1n) is 4.92. The molecule has 0 aromatic heterocycles. The molecule has 0 saturated heterocycles. The summed E-state index contributed by atoms with van der Waals surface area (Å²) in [5.74, 6) is 0. The lowest BCUT2D eigenvalue weighted by Crippen LogP contribution is -2.44. The fourth-order valence-electron chi connectivity index (χ4n) is 1.95. The van der Waals surface area contributed by atoms with Gasteiger partial charge in [-0.3, -0.25) is 0 Å². The number of thiocarbonyl (C=S) groups is 1. The Morgan fingerprint density at radius 1 is 1.46 bits per heavy atom. The van der Waals surface area contributed by atoms with E-state index < -0.39 is 0 Å². The Hall–Kier alpha value is -0.570. The second-order valence-electron chi connectivity index (χ2n) is 3.57. The molecule has 3 heteroatoms. The fraction of sp³-hybridized carbons (Fsp3) is 0.700. The van der Waals surface area contributed by atoms with E-state index in [9.17, 15) is 0 Å². The molecule has 0 atom stereocenters. The first kappa shape index (κ1) is 10.5. The summed E-state index contributed by atoms with van der Waals surface area (Å²) >= 11 is 5.02. The average molecular weight is 198 g/mol. The maximum Gasteiger partial charge on any atom is 0.166 e. The summed E-state index contributed by atoms with van der Waals surface area (Å²) in [6.45, 7) is 4.51. The Morgan fingerprint density at radius 2 is 2.08 bits per heavy atom. The normalized spacial score (nSPS) is 18.2. The zero-order chi connectivity index (χ0) is 9.68. The van der Waals surface area contributed by atoms with Gasteiger partial charge in [-0.2, -0.15) is 0 Å². The van der Waals surface area contributed by atoms with E-state index in [1.54, 1.807) is 0 Å².